The Morgan fingerprint density at radius 2 is 2.00 bits per heavy atom. The van der Waals surface area contributed by atoms with Crippen LogP contribution in [0.1, 0.15) is 6.92 Å². The van der Waals surface area contributed by atoms with Crippen molar-refractivity contribution in [1.82, 2.24) is 5.32 Å². The molecular weight excluding hydrogens is 284 g/mol. The molecule has 1 aliphatic rings. The average Bonchev–Trinajstić information content (AvgIpc) is 2.66. The van der Waals surface area contributed by atoms with Crippen LogP contribution in [-0.2, 0) is 14.3 Å². The lowest BCUT2D eigenvalue weighted by Crippen LogP contribution is -2.30. The zero-order chi connectivity index (χ0) is 14.7. The molecule has 0 spiro atoms. The fourth-order valence-electron chi connectivity index (χ4n) is 1.66. The molecule has 2 rings (SSSR count). The lowest BCUT2D eigenvalue weighted by Gasteiger charge is -2.11. The summed E-state index contributed by atoms with van der Waals surface area (Å²) in [4.78, 5) is 36.1. The van der Waals surface area contributed by atoms with E-state index in [1.54, 1.807) is 19.1 Å². The van der Waals surface area contributed by atoms with Crippen LogP contribution in [0.25, 0.3) is 0 Å². The smallest absolute Gasteiger partial charge is 0.333 e. The van der Waals surface area contributed by atoms with E-state index < -0.39 is 17.9 Å². The van der Waals surface area contributed by atoms with E-state index in [9.17, 15) is 14.4 Å². The molecule has 0 saturated carbocycles. The number of ether oxygens (including phenoxy) is 1. The maximum absolute atomic E-state index is 12.1. The van der Waals surface area contributed by atoms with Gasteiger partial charge in [0, 0.05) is 5.02 Å². The molecule has 0 unspecified atom stereocenters. The summed E-state index contributed by atoms with van der Waals surface area (Å²) in [5.41, 5.74) is 0.243. The number of carbonyl (C=O) groups is 3. The van der Waals surface area contributed by atoms with Gasteiger partial charge in [0.1, 0.15) is 5.70 Å². The van der Waals surface area contributed by atoms with Crippen molar-refractivity contribution in [3.8, 4) is 0 Å². The highest BCUT2D eigenvalue weighted by molar-refractivity contribution is 6.31. The minimum Gasteiger partial charge on any atom is -0.463 e. The van der Waals surface area contributed by atoms with Gasteiger partial charge in [-0.15, -0.1) is 0 Å². The quantitative estimate of drug-likeness (QED) is 0.524. The normalized spacial score (nSPS) is 16.5. The second kappa shape index (κ2) is 5.75. The Morgan fingerprint density at radius 1 is 1.35 bits per heavy atom. The van der Waals surface area contributed by atoms with Gasteiger partial charge in [-0.1, -0.05) is 11.6 Å². The van der Waals surface area contributed by atoms with Crippen LogP contribution in [0.4, 0.5) is 10.5 Å². The van der Waals surface area contributed by atoms with Gasteiger partial charge in [-0.3, -0.25) is 4.79 Å². The van der Waals surface area contributed by atoms with Crippen LogP contribution in [0, 0.1) is 0 Å². The number of rotatable bonds is 3. The molecule has 1 N–H and O–H groups in total. The van der Waals surface area contributed by atoms with Gasteiger partial charge in [0.05, 0.1) is 18.4 Å². The largest absolute Gasteiger partial charge is 0.463 e. The summed E-state index contributed by atoms with van der Waals surface area (Å²) in [5.74, 6) is -1.31. The van der Waals surface area contributed by atoms with Crippen LogP contribution in [-0.4, -0.2) is 24.5 Å². The van der Waals surface area contributed by atoms with Crippen LogP contribution in [0.15, 0.2) is 36.0 Å². The number of imide groups is 1. The Labute approximate surface area is 120 Å². The molecule has 1 aliphatic heterocycles. The Hall–Kier alpha value is -2.34. The first-order valence-corrected chi connectivity index (χ1v) is 6.20. The van der Waals surface area contributed by atoms with Crippen LogP contribution < -0.4 is 10.2 Å². The van der Waals surface area contributed by atoms with Crippen molar-refractivity contribution >= 4 is 35.2 Å². The monoisotopic (exact) mass is 294 g/mol. The van der Waals surface area contributed by atoms with E-state index in [1.165, 1.54) is 12.1 Å². The Morgan fingerprint density at radius 3 is 2.60 bits per heavy atom. The van der Waals surface area contributed by atoms with Gasteiger partial charge in [0.25, 0.3) is 5.91 Å². The number of hydrogen-bond acceptors (Lipinski definition) is 4. The predicted molar refractivity (Wildman–Crippen MR) is 72.2 cm³/mol. The molecule has 0 aromatic heterocycles. The van der Waals surface area contributed by atoms with Gasteiger partial charge in [0.2, 0.25) is 0 Å². The van der Waals surface area contributed by atoms with Gasteiger partial charge in [-0.2, -0.15) is 0 Å². The molecule has 3 amide bonds. The fourth-order valence-corrected chi connectivity index (χ4v) is 1.79. The summed E-state index contributed by atoms with van der Waals surface area (Å²) in [7, 11) is 0. The Balaban J connectivity index is 2.25. The molecule has 7 heteroatoms. The van der Waals surface area contributed by atoms with E-state index >= 15 is 0 Å². The summed E-state index contributed by atoms with van der Waals surface area (Å²) < 4.78 is 4.69. The number of nitrogens with one attached hydrogen (secondary N) is 1. The predicted octanol–water partition coefficient (Wildman–Crippen LogP) is 1.84. The number of benzene rings is 1. The fraction of sp³-hybridized carbons (Fsp3) is 0.154. The zero-order valence-corrected chi connectivity index (χ0v) is 11.3. The highest BCUT2D eigenvalue weighted by Gasteiger charge is 2.35. The number of hydrogen-bond donors (Lipinski definition) is 1. The van der Waals surface area contributed by atoms with E-state index in [-0.39, 0.29) is 12.3 Å². The third-order valence-corrected chi connectivity index (χ3v) is 2.76. The summed E-state index contributed by atoms with van der Waals surface area (Å²) >= 11 is 5.75. The van der Waals surface area contributed by atoms with E-state index in [4.69, 9.17) is 11.6 Å². The van der Waals surface area contributed by atoms with Crippen molar-refractivity contribution in [3.63, 3.8) is 0 Å². The van der Waals surface area contributed by atoms with Gasteiger partial charge >= 0.3 is 12.0 Å². The van der Waals surface area contributed by atoms with Crippen molar-refractivity contribution in [1.29, 1.82) is 0 Å². The molecule has 104 valence electrons. The van der Waals surface area contributed by atoms with Crippen molar-refractivity contribution in [2.45, 2.75) is 6.92 Å². The molecule has 6 nitrogen and oxygen atoms in total. The van der Waals surface area contributed by atoms with E-state index in [1.807, 2.05) is 0 Å². The molecule has 1 aromatic rings. The number of carbonyl (C=O) groups excluding carboxylic acids is 3. The first kappa shape index (κ1) is 14.1. The Kier molecular flexibility index (Phi) is 4.05. The van der Waals surface area contributed by atoms with Crippen LogP contribution in [0.5, 0.6) is 0 Å². The Bertz CT molecular complexity index is 595. The molecule has 20 heavy (non-hydrogen) atoms. The minimum atomic E-state index is -0.686. The standard InChI is InChI=1S/C13H11ClN2O4/c1-2-20-11(17)7-10-12(18)16(13(19)15-10)9-5-3-8(14)4-6-9/h3-7H,2H2,1H3,(H,15,19)/b10-7+. The lowest BCUT2D eigenvalue weighted by molar-refractivity contribution is -0.137. The van der Waals surface area contributed by atoms with Crippen LogP contribution in [0.3, 0.4) is 0 Å². The van der Waals surface area contributed by atoms with Crippen molar-refractivity contribution in [2.24, 2.45) is 0 Å². The van der Waals surface area contributed by atoms with Gasteiger partial charge in [-0.05, 0) is 31.2 Å². The molecule has 1 saturated heterocycles. The summed E-state index contributed by atoms with van der Waals surface area (Å²) in [6.07, 6.45) is 0.958. The SMILES string of the molecule is CCOC(=O)/C=C1/NC(=O)N(c2ccc(Cl)cc2)C1=O. The van der Waals surface area contributed by atoms with Crippen molar-refractivity contribution in [2.75, 3.05) is 11.5 Å². The number of urea groups is 1. The third kappa shape index (κ3) is 2.80. The number of anilines is 1. The second-order valence-electron chi connectivity index (χ2n) is 3.86. The highest BCUT2D eigenvalue weighted by atomic mass is 35.5. The number of halogens is 1. The van der Waals surface area contributed by atoms with Gasteiger partial charge < -0.3 is 10.1 Å². The zero-order valence-electron chi connectivity index (χ0n) is 10.6. The lowest BCUT2D eigenvalue weighted by atomic mass is 10.3. The van der Waals surface area contributed by atoms with Crippen molar-refractivity contribution in [3.05, 3.63) is 41.1 Å². The molecule has 0 aliphatic carbocycles. The van der Waals surface area contributed by atoms with Gasteiger partial charge in [-0.25, -0.2) is 14.5 Å². The number of esters is 1. The van der Waals surface area contributed by atoms with Gasteiger partial charge in [0.15, 0.2) is 0 Å². The first-order valence-electron chi connectivity index (χ1n) is 5.82. The van der Waals surface area contributed by atoms with E-state index in [0.717, 1.165) is 11.0 Å². The topological polar surface area (TPSA) is 75.7 Å². The van der Waals surface area contributed by atoms with Crippen LogP contribution >= 0.6 is 11.6 Å². The number of amides is 3. The van der Waals surface area contributed by atoms with E-state index in [0.29, 0.717) is 10.7 Å². The first-order chi connectivity index (χ1) is 9.52. The highest BCUT2D eigenvalue weighted by Crippen LogP contribution is 2.22. The maximum atomic E-state index is 12.1. The van der Waals surface area contributed by atoms with E-state index in [2.05, 4.69) is 10.1 Å². The third-order valence-electron chi connectivity index (χ3n) is 2.51. The molecule has 0 radical (unpaired) electrons. The maximum Gasteiger partial charge on any atom is 0.333 e. The summed E-state index contributed by atoms with van der Waals surface area (Å²) in [5, 5.41) is 2.81. The summed E-state index contributed by atoms with van der Waals surface area (Å²) in [6.45, 7) is 1.83. The molecule has 1 aromatic carbocycles. The number of nitrogens with zero attached hydrogens (tertiary/aromatic N) is 1. The van der Waals surface area contributed by atoms with Crippen molar-refractivity contribution < 1.29 is 19.1 Å². The molecule has 0 bridgehead atoms. The second-order valence-corrected chi connectivity index (χ2v) is 4.29. The molecule has 1 fully saturated rings. The molecule has 1 heterocycles. The summed E-state index contributed by atoms with van der Waals surface area (Å²) in [6, 6.07) is 5.56. The average molecular weight is 295 g/mol. The van der Waals surface area contributed by atoms with Crippen LogP contribution in [0.2, 0.25) is 5.02 Å². The minimum absolute atomic E-state index is 0.122. The molecular formula is C13H11ClN2O4. The molecule has 0 atom stereocenters.